The van der Waals surface area contributed by atoms with E-state index in [0.717, 1.165) is 44.5 Å². The fourth-order valence-electron chi connectivity index (χ4n) is 2.56. The first kappa shape index (κ1) is 14.9. The molecule has 1 aromatic heterocycles. The molecule has 5 nitrogen and oxygen atoms in total. The van der Waals surface area contributed by atoms with Crippen molar-refractivity contribution in [3.05, 3.63) is 12.1 Å². The first-order valence-electron chi connectivity index (χ1n) is 7.50. The number of pyridine rings is 1. The quantitative estimate of drug-likeness (QED) is 0.745. The molecule has 0 spiro atoms. The van der Waals surface area contributed by atoms with E-state index in [2.05, 4.69) is 10.3 Å². The van der Waals surface area contributed by atoms with E-state index in [1.165, 1.54) is 0 Å². The van der Waals surface area contributed by atoms with Crippen molar-refractivity contribution >= 4 is 11.5 Å². The zero-order chi connectivity index (χ0) is 14.4. The van der Waals surface area contributed by atoms with Crippen LogP contribution >= 0.6 is 0 Å². The molecular formula is C15H25N3O2. The van der Waals surface area contributed by atoms with E-state index in [-0.39, 0.29) is 6.10 Å². The second-order valence-electron chi connectivity index (χ2n) is 5.51. The van der Waals surface area contributed by atoms with Crippen molar-refractivity contribution in [3.8, 4) is 5.88 Å². The van der Waals surface area contributed by atoms with E-state index in [9.17, 15) is 5.11 Å². The van der Waals surface area contributed by atoms with Crippen molar-refractivity contribution in [3.63, 3.8) is 0 Å². The monoisotopic (exact) mass is 279 g/mol. The summed E-state index contributed by atoms with van der Waals surface area (Å²) in [4.78, 5) is 4.39. The molecule has 0 bridgehead atoms. The van der Waals surface area contributed by atoms with Crippen molar-refractivity contribution in [1.82, 2.24) is 4.98 Å². The Kier molecular flexibility index (Phi) is 5.47. The molecule has 2 rings (SSSR count). The lowest BCUT2D eigenvalue weighted by Crippen LogP contribution is -2.25. The van der Waals surface area contributed by atoms with Crippen LogP contribution in [-0.2, 0) is 0 Å². The summed E-state index contributed by atoms with van der Waals surface area (Å²) in [5.41, 5.74) is 6.41. The Balaban J connectivity index is 1.88. The molecule has 2 atom stereocenters. The van der Waals surface area contributed by atoms with E-state index in [1.54, 1.807) is 0 Å². The standard InChI is InChI=1S/C15H25N3O2/c1-2-8-20-15-13(16)6-7-14(18-15)17-10-11-4-3-5-12(19)9-11/h6-7,11-12,19H,2-5,8-10,16H2,1H3,(H,17,18). The maximum Gasteiger partial charge on any atom is 0.239 e. The van der Waals surface area contributed by atoms with Gasteiger partial charge in [-0.25, -0.2) is 0 Å². The SMILES string of the molecule is CCCOc1nc(NCC2CCCC(O)C2)ccc1N. The molecule has 1 aliphatic carbocycles. The third-order valence-corrected chi connectivity index (χ3v) is 3.66. The summed E-state index contributed by atoms with van der Waals surface area (Å²) in [6.07, 6.45) is 4.87. The average molecular weight is 279 g/mol. The second-order valence-corrected chi connectivity index (χ2v) is 5.51. The number of rotatable bonds is 6. The van der Waals surface area contributed by atoms with Crippen molar-refractivity contribution in [2.75, 3.05) is 24.2 Å². The molecule has 0 aliphatic heterocycles. The molecule has 1 heterocycles. The summed E-state index contributed by atoms with van der Waals surface area (Å²) < 4.78 is 5.52. The first-order chi connectivity index (χ1) is 9.69. The van der Waals surface area contributed by atoms with Gasteiger partial charge in [0.05, 0.1) is 18.4 Å². The van der Waals surface area contributed by atoms with E-state index < -0.39 is 0 Å². The minimum atomic E-state index is -0.140. The number of nitrogens with one attached hydrogen (secondary N) is 1. The van der Waals surface area contributed by atoms with Crippen molar-refractivity contribution in [2.45, 2.75) is 45.1 Å². The minimum Gasteiger partial charge on any atom is -0.476 e. The van der Waals surface area contributed by atoms with Gasteiger partial charge in [0.15, 0.2) is 0 Å². The van der Waals surface area contributed by atoms with Crippen molar-refractivity contribution < 1.29 is 9.84 Å². The average Bonchev–Trinajstić information content (AvgIpc) is 2.45. The molecule has 0 amide bonds. The molecule has 1 saturated carbocycles. The van der Waals surface area contributed by atoms with Crippen molar-refractivity contribution in [2.24, 2.45) is 5.92 Å². The van der Waals surface area contributed by atoms with Crippen LogP contribution in [0.3, 0.4) is 0 Å². The predicted octanol–water partition coefficient (Wildman–Crippen LogP) is 2.42. The molecule has 0 aromatic carbocycles. The highest BCUT2D eigenvalue weighted by molar-refractivity contribution is 5.53. The summed E-state index contributed by atoms with van der Waals surface area (Å²) in [5, 5.41) is 13.0. The number of nitrogens with zero attached hydrogens (tertiary/aromatic N) is 1. The Labute approximate surface area is 120 Å². The van der Waals surface area contributed by atoms with Crippen LogP contribution in [0.4, 0.5) is 11.5 Å². The number of aliphatic hydroxyl groups excluding tert-OH is 1. The van der Waals surface area contributed by atoms with Gasteiger partial charge < -0.3 is 20.9 Å². The van der Waals surface area contributed by atoms with E-state index in [0.29, 0.717) is 24.1 Å². The highest BCUT2D eigenvalue weighted by Gasteiger charge is 2.19. The van der Waals surface area contributed by atoms with Crippen LogP contribution in [0.25, 0.3) is 0 Å². The third-order valence-electron chi connectivity index (χ3n) is 3.66. The number of nitrogens with two attached hydrogens (primary N) is 1. The van der Waals surface area contributed by atoms with Crippen LogP contribution in [0.15, 0.2) is 12.1 Å². The number of anilines is 2. The smallest absolute Gasteiger partial charge is 0.239 e. The summed E-state index contributed by atoms with van der Waals surface area (Å²) >= 11 is 0. The van der Waals surface area contributed by atoms with Gasteiger partial charge in [-0.3, -0.25) is 0 Å². The molecule has 1 fully saturated rings. The number of hydrogen-bond donors (Lipinski definition) is 3. The van der Waals surface area contributed by atoms with Gasteiger partial charge >= 0.3 is 0 Å². The largest absolute Gasteiger partial charge is 0.476 e. The number of hydrogen-bond acceptors (Lipinski definition) is 5. The second kappa shape index (κ2) is 7.33. The Hall–Kier alpha value is -1.49. The molecule has 0 radical (unpaired) electrons. The molecule has 0 saturated heterocycles. The Morgan fingerprint density at radius 2 is 2.30 bits per heavy atom. The zero-order valence-electron chi connectivity index (χ0n) is 12.1. The molecule has 112 valence electrons. The van der Waals surface area contributed by atoms with Crippen LogP contribution < -0.4 is 15.8 Å². The number of nitrogen functional groups attached to an aromatic ring is 1. The van der Waals surface area contributed by atoms with Gasteiger partial charge in [-0.15, -0.1) is 0 Å². The number of ether oxygens (including phenoxy) is 1. The van der Waals surface area contributed by atoms with Gasteiger partial charge in [-0.1, -0.05) is 13.3 Å². The van der Waals surface area contributed by atoms with E-state index >= 15 is 0 Å². The predicted molar refractivity (Wildman–Crippen MR) is 80.9 cm³/mol. The van der Waals surface area contributed by atoms with Crippen LogP contribution in [0.1, 0.15) is 39.0 Å². The maximum absolute atomic E-state index is 9.67. The summed E-state index contributed by atoms with van der Waals surface area (Å²) in [6, 6.07) is 3.68. The van der Waals surface area contributed by atoms with Gasteiger partial charge in [-0.2, -0.15) is 4.98 Å². The van der Waals surface area contributed by atoms with Gasteiger partial charge in [0.25, 0.3) is 0 Å². The van der Waals surface area contributed by atoms with Gasteiger partial charge in [0.2, 0.25) is 5.88 Å². The van der Waals surface area contributed by atoms with Crippen LogP contribution in [0.5, 0.6) is 5.88 Å². The van der Waals surface area contributed by atoms with Crippen molar-refractivity contribution in [1.29, 1.82) is 0 Å². The minimum absolute atomic E-state index is 0.140. The molecule has 1 aliphatic rings. The Bertz CT molecular complexity index is 426. The first-order valence-corrected chi connectivity index (χ1v) is 7.50. The molecular weight excluding hydrogens is 254 g/mol. The lowest BCUT2D eigenvalue weighted by molar-refractivity contribution is 0.104. The summed E-state index contributed by atoms with van der Waals surface area (Å²) in [6.45, 7) is 3.50. The highest BCUT2D eigenvalue weighted by atomic mass is 16.5. The Morgan fingerprint density at radius 3 is 3.05 bits per heavy atom. The molecule has 20 heavy (non-hydrogen) atoms. The maximum atomic E-state index is 9.67. The number of aliphatic hydroxyl groups is 1. The third kappa shape index (κ3) is 4.27. The van der Waals surface area contributed by atoms with Gasteiger partial charge in [0.1, 0.15) is 5.82 Å². The fourth-order valence-corrected chi connectivity index (χ4v) is 2.56. The Morgan fingerprint density at radius 1 is 1.45 bits per heavy atom. The zero-order valence-corrected chi connectivity index (χ0v) is 12.1. The molecule has 5 heteroatoms. The molecule has 2 unspecified atom stereocenters. The topological polar surface area (TPSA) is 80.4 Å². The summed E-state index contributed by atoms with van der Waals surface area (Å²) in [5.74, 6) is 1.80. The fraction of sp³-hybridized carbons (Fsp3) is 0.667. The normalized spacial score (nSPS) is 22.5. The molecule has 1 aromatic rings. The van der Waals surface area contributed by atoms with Crippen LogP contribution in [0, 0.1) is 5.92 Å². The van der Waals surface area contributed by atoms with Gasteiger partial charge in [-0.05, 0) is 43.7 Å². The van der Waals surface area contributed by atoms with E-state index in [4.69, 9.17) is 10.5 Å². The van der Waals surface area contributed by atoms with Gasteiger partial charge in [0, 0.05) is 6.54 Å². The number of aromatic nitrogens is 1. The molecule has 4 N–H and O–H groups in total. The summed E-state index contributed by atoms with van der Waals surface area (Å²) in [7, 11) is 0. The van der Waals surface area contributed by atoms with E-state index in [1.807, 2.05) is 19.1 Å². The van der Waals surface area contributed by atoms with Crippen LogP contribution in [0.2, 0.25) is 0 Å². The van der Waals surface area contributed by atoms with Crippen LogP contribution in [-0.4, -0.2) is 29.3 Å². The lowest BCUT2D eigenvalue weighted by atomic mass is 9.87. The highest BCUT2D eigenvalue weighted by Crippen LogP contribution is 2.25. The lowest BCUT2D eigenvalue weighted by Gasteiger charge is -2.26.